The van der Waals surface area contributed by atoms with Gasteiger partial charge in [-0.05, 0) is 53.8 Å². The van der Waals surface area contributed by atoms with Gasteiger partial charge in [0.2, 0.25) is 5.69 Å². The summed E-state index contributed by atoms with van der Waals surface area (Å²) in [6.07, 6.45) is 4.10. The molecule has 0 aliphatic carbocycles. The van der Waals surface area contributed by atoms with Crippen LogP contribution in [0.2, 0.25) is 0 Å². The molecule has 0 spiro atoms. The van der Waals surface area contributed by atoms with Crippen molar-refractivity contribution in [2.24, 2.45) is 14.1 Å². The summed E-state index contributed by atoms with van der Waals surface area (Å²) in [6.45, 7) is 2.11. The third-order valence-electron chi connectivity index (χ3n) is 6.63. The van der Waals surface area contributed by atoms with Crippen molar-refractivity contribution in [2.45, 2.75) is 6.92 Å². The lowest BCUT2D eigenvalue weighted by molar-refractivity contribution is -0.660. The molecule has 0 amide bonds. The Labute approximate surface area is 191 Å². The first-order valence-electron chi connectivity index (χ1n) is 11.0. The molecule has 6 aromatic rings. The molecule has 4 nitrogen and oxygen atoms in total. The molecule has 3 aromatic heterocycles. The van der Waals surface area contributed by atoms with E-state index in [2.05, 4.69) is 70.8 Å². The number of nitriles is 1. The highest BCUT2D eigenvalue weighted by Gasteiger charge is 2.23. The molecule has 0 radical (unpaired) electrons. The van der Waals surface area contributed by atoms with Gasteiger partial charge in [0, 0.05) is 47.2 Å². The van der Waals surface area contributed by atoms with E-state index in [1.54, 1.807) is 0 Å². The van der Waals surface area contributed by atoms with E-state index in [0.717, 1.165) is 55.4 Å². The van der Waals surface area contributed by atoms with Gasteiger partial charge < -0.3 is 8.98 Å². The Morgan fingerprint density at radius 3 is 2.48 bits per heavy atom. The quantitative estimate of drug-likeness (QED) is 0.299. The van der Waals surface area contributed by atoms with Crippen molar-refractivity contribution in [1.29, 1.82) is 5.26 Å². The average Bonchev–Trinajstić information content (AvgIpc) is 3.39. The van der Waals surface area contributed by atoms with Gasteiger partial charge in [-0.3, -0.25) is 0 Å². The van der Waals surface area contributed by atoms with Crippen molar-refractivity contribution in [3.8, 4) is 28.5 Å². The summed E-state index contributed by atoms with van der Waals surface area (Å²) in [5, 5.41) is 13.2. The van der Waals surface area contributed by atoms with Gasteiger partial charge in [-0.1, -0.05) is 24.3 Å². The van der Waals surface area contributed by atoms with Crippen LogP contribution >= 0.6 is 0 Å². The van der Waals surface area contributed by atoms with E-state index >= 15 is 0 Å². The van der Waals surface area contributed by atoms with Gasteiger partial charge in [-0.15, -0.1) is 0 Å². The molecule has 0 bridgehead atoms. The maximum absolute atomic E-state index is 9.95. The van der Waals surface area contributed by atoms with Crippen molar-refractivity contribution in [3.63, 3.8) is 0 Å². The number of benzene rings is 3. The SMILES string of the molecule is Cc1ccc2c(oc3c(-c4ccc5ccn(C)c5c4)c(C#N)ccc32)c1-c1cccc[n+]1C. The van der Waals surface area contributed by atoms with Crippen LogP contribution in [0, 0.1) is 18.3 Å². The predicted molar refractivity (Wildman–Crippen MR) is 132 cm³/mol. The molecular weight excluding hydrogens is 406 g/mol. The summed E-state index contributed by atoms with van der Waals surface area (Å²) in [6, 6.07) is 25.2. The monoisotopic (exact) mass is 428 g/mol. The normalized spacial score (nSPS) is 11.5. The first kappa shape index (κ1) is 19.3. The fraction of sp³-hybridized carbons (Fsp3) is 0.103. The van der Waals surface area contributed by atoms with Gasteiger partial charge in [-0.2, -0.15) is 5.26 Å². The van der Waals surface area contributed by atoms with Gasteiger partial charge in [0.05, 0.1) is 17.2 Å². The first-order chi connectivity index (χ1) is 16.1. The van der Waals surface area contributed by atoms with Crippen LogP contribution in [0.5, 0.6) is 0 Å². The average molecular weight is 429 g/mol. The standard InChI is InChI=1S/C29H22N3O/c1-18-7-11-22-23-12-10-21(17-30)27(20-9-8-19-13-15-32(3)25(19)16-20)29(23)33-28(22)26(18)24-6-4-5-14-31(24)2/h4-16H,1-3H3/q+1. The van der Waals surface area contributed by atoms with Crippen LogP contribution in [0.25, 0.3) is 55.2 Å². The number of nitrogens with zero attached hydrogens (tertiary/aromatic N) is 3. The summed E-state index contributed by atoms with van der Waals surface area (Å²) >= 11 is 0. The fourth-order valence-electron chi connectivity index (χ4n) is 4.90. The van der Waals surface area contributed by atoms with Crippen LogP contribution in [0.4, 0.5) is 0 Å². The molecule has 6 rings (SSSR count). The zero-order valence-electron chi connectivity index (χ0n) is 18.8. The number of furan rings is 1. The fourth-order valence-corrected chi connectivity index (χ4v) is 4.90. The van der Waals surface area contributed by atoms with Gasteiger partial charge in [0.1, 0.15) is 18.2 Å². The van der Waals surface area contributed by atoms with Crippen molar-refractivity contribution in [2.75, 3.05) is 0 Å². The molecule has 0 aliphatic rings. The van der Waals surface area contributed by atoms with E-state index in [1.165, 1.54) is 5.39 Å². The Kier molecular flexibility index (Phi) is 4.15. The maximum atomic E-state index is 9.95. The number of hydrogen-bond acceptors (Lipinski definition) is 2. The summed E-state index contributed by atoms with van der Waals surface area (Å²) in [5.41, 5.74) is 8.48. The second kappa shape index (κ2) is 7.08. The highest BCUT2D eigenvalue weighted by molar-refractivity contribution is 6.14. The molecule has 33 heavy (non-hydrogen) atoms. The van der Waals surface area contributed by atoms with Crippen LogP contribution in [-0.2, 0) is 14.1 Å². The molecule has 0 saturated carbocycles. The van der Waals surface area contributed by atoms with Crippen LogP contribution < -0.4 is 4.57 Å². The summed E-state index contributed by atoms with van der Waals surface area (Å²) in [4.78, 5) is 0. The molecule has 3 aromatic carbocycles. The minimum atomic E-state index is 0.610. The Morgan fingerprint density at radius 1 is 0.909 bits per heavy atom. The molecule has 0 aliphatic heterocycles. The summed E-state index contributed by atoms with van der Waals surface area (Å²) in [5.74, 6) is 0. The highest BCUT2D eigenvalue weighted by Crippen LogP contribution is 2.42. The lowest BCUT2D eigenvalue weighted by Gasteiger charge is -2.07. The zero-order chi connectivity index (χ0) is 22.7. The molecule has 158 valence electrons. The zero-order valence-corrected chi connectivity index (χ0v) is 18.8. The smallest absolute Gasteiger partial charge is 0.216 e. The summed E-state index contributed by atoms with van der Waals surface area (Å²) in [7, 11) is 4.08. The van der Waals surface area contributed by atoms with E-state index in [0.29, 0.717) is 5.56 Å². The van der Waals surface area contributed by atoms with Crippen LogP contribution in [0.1, 0.15) is 11.1 Å². The second-order valence-electron chi connectivity index (χ2n) is 8.61. The number of aryl methyl sites for hydroxylation is 3. The van der Waals surface area contributed by atoms with E-state index in [9.17, 15) is 5.26 Å². The lowest BCUT2D eigenvalue weighted by Crippen LogP contribution is -2.30. The second-order valence-corrected chi connectivity index (χ2v) is 8.61. The van der Waals surface area contributed by atoms with E-state index < -0.39 is 0 Å². The number of hydrogen-bond donors (Lipinski definition) is 0. The van der Waals surface area contributed by atoms with Gasteiger partial charge in [0.25, 0.3) is 0 Å². The molecule has 4 heteroatoms. The van der Waals surface area contributed by atoms with Crippen LogP contribution in [0.3, 0.4) is 0 Å². The molecule has 0 saturated heterocycles. The predicted octanol–water partition coefficient (Wildman–Crippen LogP) is 6.42. The number of aromatic nitrogens is 2. The minimum absolute atomic E-state index is 0.610. The molecule has 0 unspecified atom stereocenters. The van der Waals surface area contributed by atoms with Crippen molar-refractivity contribution in [3.05, 3.63) is 90.3 Å². The van der Waals surface area contributed by atoms with E-state index in [1.807, 2.05) is 44.6 Å². The van der Waals surface area contributed by atoms with E-state index in [4.69, 9.17) is 4.42 Å². The molecule has 0 fully saturated rings. The third-order valence-corrected chi connectivity index (χ3v) is 6.63. The topological polar surface area (TPSA) is 45.7 Å². The Balaban J connectivity index is 1.73. The number of fused-ring (bicyclic) bond motifs is 4. The number of pyridine rings is 1. The van der Waals surface area contributed by atoms with Crippen molar-refractivity contribution in [1.82, 2.24) is 4.57 Å². The lowest BCUT2D eigenvalue weighted by atomic mass is 9.95. The van der Waals surface area contributed by atoms with Crippen LogP contribution in [0.15, 0.2) is 83.5 Å². The largest absolute Gasteiger partial charge is 0.454 e. The Morgan fingerprint density at radius 2 is 1.70 bits per heavy atom. The molecule has 0 atom stereocenters. The molecule has 0 N–H and O–H groups in total. The minimum Gasteiger partial charge on any atom is -0.454 e. The van der Waals surface area contributed by atoms with Crippen LogP contribution in [-0.4, -0.2) is 4.57 Å². The molecular formula is C29H22N3O+. The maximum Gasteiger partial charge on any atom is 0.216 e. The number of rotatable bonds is 2. The van der Waals surface area contributed by atoms with Gasteiger partial charge in [0.15, 0.2) is 6.20 Å². The third kappa shape index (κ3) is 2.79. The van der Waals surface area contributed by atoms with Crippen molar-refractivity contribution < 1.29 is 8.98 Å². The Bertz CT molecular complexity index is 1760. The van der Waals surface area contributed by atoms with E-state index in [-0.39, 0.29) is 0 Å². The molecule has 3 heterocycles. The highest BCUT2D eigenvalue weighted by atomic mass is 16.3. The summed E-state index contributed by atoms with van der Waals surface area (Å²) < 4.78 is 10.9. The first-order valence-corrected chi connectivity index (χ1v) is 11.0. The van der Waals surface area contributed by atoms with Gasteiger partial charge >= 0.3 is 0 Å². The Hall–Kier alpha value is -4.36. The van der Waals surface area contributed by atoms with Gasteiger partial charge in [-0.25, -0.2) is 4.57 Å². The van der Waals surface area contributed by atoms with Crippen molar-refractivity contribution >= 4 is 32.8 Å².